The van der Waals surface area contributed by atoms with Crippen molar-refractivity contribution in [2.45, 2.75) is 52.4 Å². The van der Waals surface area contributed by atoms with Gasteiger partial charge in [0, 0.05) is 24.7 Å². The highest BCUT2D eigenvalue weighted by atomic mass is 19.4. The third-order valence-electron chi connectivity index (χ3n) is 4.02. The molecule has 0 aliphatic carbocycles. The summed E-state index contributed by atoms with van der Waals surface area (Å²) in [6.45, 7) is 7.82. The zero-order chi connectivity index (χ0) is 19.1. The molecular weight excluding hydrogens is 349 g/mol. The highest BCUT2D eigenvalue weighted by Gasteiger charge is 2.36. The van der Waals surface area contributed by atoms with Crippen LogP contribution in [-0.2, 0) is 6.18 Å². The lowest BCUT2D eigenvalue weighted by atomic mass is 10.2. The first kappa shape index (κ1) is 18.3. The predicted octanol–water partition coefficient (Wildman–Crippen LogP) is 3.91. The lowest BCUT2D eigenvalue weighted by Crippen LogP contribution is -2.22. The number of nitrogens with one attached hydrogen (secondary N) is 2. The van der Waals surface area contributed by atoms with Crippen LogP contribution in [0.15, 0.2) is 6.20 Å². The van der Waals surface area contributed by atoms with Crippen LogP contribution in [0.3, 0.4) is 0 Å². The molecule has 7 nitrogen and oxygen atoms in total. The number of halogens is 3. The number of fused-ring (bicyclic) bond motifs is 3. The molecule has 0 fully saturated rings. The minimum Gasteiger partial charge on any atom is -0.488 e. The topological polar surface area (TPSA) is 76.9 Å². The fraction of sp³-hybridized carbons (Fsp3) is 0.562. The van der Waals surface area contributed by atoms with Gasteiger partial charge >= 0.3 is 6.18 Å². The number of aromatic nitrogens is 4. The third kappa shape index (κ3) is 3.54. The standard InChI is InChI=1S/C16H21F3N6O/c1-8(2)25-14-12(10(4)24-25)26-6-5-9(3)21-13-11(16(17,18)19)7-20-15(22-13)23-14/h7-9H,5-6H2,1-4H3,(H2,20,21,22,23). The average molecular weight is 370 g/mol. The zero-order valence-electron chi connectivity index (χ0n) is 15.0. The van der Waals surface area contributed by atoms with Crippen molar-refractivity contribution in [1.29, 1.82) is 0 Å². The van der Waals surface area contributed by atoms with Gasteiger partial charge in [0.15, 0.2) is 11.6 Å². The van der Waals surface area contributed by atoms with Gasteiger partial charge in [0.2, 0.25) is 5.95 Å². The van der Waals surface area contributed by atoms with E-state index in [4.69, 9.17) is 4.74 Å². The van der Waals surface area contributed by atoms with Crippen LogP contribution in [0.1, 0.15) is 44.5 Å². The molecule has 0 saturated carbocycles. The molecule has 1 aliphatic heterocycles. The van der Waals surface area contributed by atoms with E-state index in [1.807, 2.05) is 20.8 Å². The van der Waals surface area contributed by atoms with E-state index in [0.717, 1.165) is 6.20 Å². The van der Waals surface area contributed by atoms with Crippen molar-refractivity contribution < 1.29 is 17.9 Å². The van der Waals surface area contributed by atoms with Gasteiger partial charge in [0.25, 0.3) is 0 Å². The van der Waals surface area contributed by atoms with Crippen LogP contribution in [0.5, 0.6) is 5.75 Å². The fourth-order valence-electron chi connectivity index (χ4n) is 2.70. The van der Waals surface area contributed by atoms with E-state index in [9.17, 15) is 13.2 Å². The van der Waals surface area contributed by atoms with Crippen LogP contribution in [0, 0.1) is 6.92 Å². The number of rotatable bonds is 1. The van der Waals surface area contributed by atoms with Crippen molar-refractivity contribution in [3.63, 3.8) is 0 Å². The maximum Gasteiger partial charge on any atom is 0.421 e. The van der Waals surface area contributed by atoms with Gasteiger partial charge in [-0.05, 0) is 27.7 Å². The summed E-state index contributed by atoms with van der Waals surface area (Å²) in [5, 5.41) is 10.2. The van der Waals surface area contributed by atoms with Crippen molar-refractivity contribution in [2.75, 3.05) is 17.2 Å². The highest BCUT2D eigenvalue weighted by molar-refractivity contribution is 5.62. The van der Waals surface area contributed by atoms with E-state index >= 15 is 0 Å². The van der Waals surface area contributed by atoms with Crippen molar-refractivity contribution >= 4 is 17.6 Å². The smallest absolute Gasteiger partial charge is 0.421 e. The van der Waals surface area contributed by atoms with E-state index in [0.29, 0.717) is 30.3 Å². The molecule has 1 unspecified atom stereocenters. The van der Waals surface area contributed by atoms with Crippen molar-refractivity contribution in [2.24, 2.45) is 0 Å². The molecule has 1 aliphatic rings. The molecule has 2 aromatic rings. The van der Waals surface area contributed by atoms with E-state index in [2.05, 4.69) is 25.7 Å². The Hall–Kier alpha value is -2.52. The van der Waals surface area contributed by atoms with Gasteiger partial charge in [-0.15, -0.1) is 0 Å². The number of nitrogens with zero attached hydrogens (tertiary/aromatic N) is 4. The van der Waals surface area contributed by atoms with Gasteiger partial charge in [0.05, 0.1) is 6.61 Å². The molecule has 2 bridgehead atoms. The second-order valence-electron chi connectivity index (χ2n) is 6.56. The largest absolute Gasteiger partial charge is 0.488 e. The number of hydrogen-bond acceptors (Lipinski definition) is 6. The first-order chi connectivity index (χ1) is 12.2. The Labute approximate surface area is 149 Å². The summed E-state index contributed by atoms with van der Waals surface area (Å²) < 4.78 is 47.3. The molecule has 3 rings (SSSR count). The number of aryl methyl sites for hydroxylation is 1. The first-order valence-electron chi connectivity index (χ1n) is 8.36. The van der Waals surface area contributed by atoms with Crippen LogP contribution >= 0.6 is 0 Å². The Morgan fingerprint density at radius 2 is 2.08 bits per heavy atom. The SMILES string of the molecule is Cc1nn(C(C)C)c2c1OCCC(C)Nc1nc(ncc1C(F)(F)F)N2. The maximum atomic E-state index is 13.2. The van der Waals surface area contributed by atoms with Gasteiger partial charge in [0.1, 0.15) is 17.1 Å². The molecule has 2 aromatic heterocycles. The summed E-state index contributed by atoms with van der Waals surface area (Å²) >= 11 is 0. The minimum atomic E-state index is -4.54. The molecule has 0 amide bonds. The van der Waals surface area contributed by atoms with Gasteiger partial charge in [-0.25, -0.2) is 9.67 Å². The maximum absolute atomic E-state index is 13.2. The summed E-state index contributed by atoms with van der Waals surface area (Å²) in [5.74, 6) is 0.871. The Morgan fingerprint density at radius 1 is 1.35 bits per heavy atom. The van der Waals surface area contributed by atoms with Crippen LogP contribution in [-0.4, -0.2) is 32.4 Å². The second kappa shape index (κ2) is 6.65. The Kier molecular flexibility index (Phi) is 4.68. The normalized spacial score (nSPS) is 17.6. The summed E-state index contributed by atoms with van der Waals surface area (Å²) in [6.07, 6.45) is -3.26. The van der Waals surface area contributed by atoms with Crippen molar-refractivity contribution in [3.8, 4) is 5.75 Å². The predicted molar refractivity (Wildman–Crippen MR) is 90.9 cm³/mol. The van der Waals surface area contributed by atoms with Crippen LogP contribution in [0.25, 0.3) is 0 Å². The third-order valence-corrected chi connectivity index (χ3v) is 4.02. The lowest BCUT2D eigenvalue weighted by Gasteiger charge is -2.18. The van der Waals surface area contributed by atoms with Gasteiger partial charge < -0.3 is 15.4 Å². The first-order valence-corrected chi connectivity index (χ1v) is 8.36. The van der Waals surface area contributed by atoms with E-state index in [1.165, 1.54) is 0 Å². The Balaban J connectivity index is 2.11. The lowest BCUT2D eigenvalue weighted by molar-refractivity contribution is -0.137. The average Bonchev–Trinajstić information content (AvgIpc) is 2.82. The van der Waals surface area contributed by atoms with Crippen molar-refractivity contribution in [1.82, 2.24) is 19.7 Å². The molecule has 0 radical (unpaired) electrons. The van der Waals surface area contributed by atoms with Crippen molar-refractivity contribution in [3.05, 3.63) is 17.5 Å². The molecule has 142 valence electrons. The van der Waals surface area contributed by atoms with Gasteiger partial charge in [-0.2, -0.15) is 23.3 Å². The number of alkyl halides is 3. The molecule has 0 saturated heterocycles. The van der Waals surface area contributed by atoms with E-state index in [-0.39, 0.29) is 23.8 Å². The minimum absolute atomic E-state index is 0.0182. The number of ether oxygens (including phenoxy) is 1. The summed E-state index contributed by atoms with van der Waals surface area (Å²) in [4.78, 5) is 7.89. The summed E-state index contributed by atoms with van der Waals surface area (Å²) in [7, 11) is 0. The second-order valence-corrected chi connectivity index (χ2v) is 6.56. The molecule has 10 heteroatoms. The summed E-state index contributed by atoms with van der Waals surface area (Å²) in [6, 6.07) is -0.245. The molecule has 0 aromatic carbocycles. The van der Waals surface area contributed by atoms with Gasteiger partial charge in [-0.1, -0.05) is 0 Å². The Morgan fingerprint density at radius 3 is 2.73 bits per heavy atom. The number of anilines is 3. The molecule has 1 atom stereocenters. The zero-order valence-corrected chi connectivity index (χ0v) is 15.0. The summed E-state index contributed by atoms with van der Waals surface area (Å²) in [5.41, 5.74) is -0.211. The number of hydrogen-bond donors (Lipinski definition) is 2. The monoisotopic (exact) mass is 370 g/mol. The van der Waals surface area contributed by atoms with Crippen LogP contribution in [0.2, 0.25) is 0 Å². The molecule has 0 spiro atoms. The Bertz CT molecular complexity index is 802. The highest BCUT2D eigenvalue weighted by Crippen LogP contribution is 2.37. The molecular formula is C16H21F3N6O. The fourth-order valence-corrected chi connectivity index (χ4v) is 2.70. The van der Waals surface area contributed by atoms with E-state index < -0.39 is 11.7 Å². The molecule has 26 heavy (non-hydrogen) atoms. The molecule has 3 heterocycles. The molecule has 2 N–H and O–H groups in total. The quantitative estimate of drug-likeness (QED) is 0.793. The van der Waals surface area contributed by atoms with Crippen LogP contribution in [0.4, 0.5) is 30.8 Å². The van der Waals surface area contributed by atoms with Crippen LogP contribution < -0.4 is 15.4 Å². The van der Waals surface area contributed by atoms with E-state index in [1.54, 1.807) is 11.6 Å². The van der Waals surface area contributed by atoms with Gasteiger partial charge in [-0.3, -0.25) is 0 Å².